The summed E-state index contributed by atoms with van der Waals surface area (Å²) in [5, 5.41) is 12.8. The van der Waals surface area contributed by atoms with Crippen LogP contribution in [0.4, 0.5) is 5.69 Å². The summed E-state index contributed by atoms with van der Waals surface area (Å²) in [6.45, 7) is 0.899. The van der Waals surface area contributed by atoms with Crippen LogP contribution in [0, 0.1) is 0 Å². The number of fused-ring (bicyclic) bond motifs is 1. The first-order chi connectivity index (χ1) is 7.79. The summed E-state index contributed by atoms with van der Waals surface area (Å²) < 4.78 is 0. The average Bonchev–Trinajstić information content (AvgIpc) is 2.29. The van der Waals surface area contributed by atoms with Crippen molar-refractivity contribution in [2.24, 2.45) is 0 Å². The number of hydrogen-bond acceptors (Lipinski definition) is 3. The van der Waals surface area contributed by atoms with Gasteiger partial charge >= 0.3 is 0 Å². The van der Waals surface area contributed by atoms with Crippen LogP contribution in [0.2, 0.25) is 0 Å². The van der Waals surface area contributed by atoms with E-state index >= 15 is 0 Å². The Morgan fingerprint density at radius 1 is 1.25 bits per heavy atom. The van der Waals surface area contributed by atoms with Crippen LogP contribution in [-0.4, -0.2) is 23.2 Å². The molecule has 1 aromatic carbocycles. The van der Waals surface area contributed by atoms with Gasteiger partial charge in [-0.15, -0.1) is 0 Å². The third kappa shape index (κ3) is 2.41. The molecule has 16 heavy (non-hydrogen) atoms. The highest BCUT2D eigenvalue weighted by Crippen LogP contribution is 2.15. The number of anilines is 1. The fraction of sp³-hybridized carbons (Fsp3) is 0.250. The molecule has 0 aliphatic rings. The number of hydrogen-bond donors (Lipinski definition) is 3. The van der Waals surface area contributed by atoms with E-state index in [1.807, 2.05) is 18.2 Å². The Bertz CT molecular complexity index is 534. The molecule has 0 fully saturated rings. The van der Waals surface area contributed by atoms with Crippen LogP contribution in [-0.2, 0) is 0 Å². The van der Waals surface area contributed by atoms with Crippen molar-refractivity contribution in [1.82, 2.24) is 4.98 Å². The number of rotatable bonds is 4. The SMILES string of the molecule is O=c1ccc2ccc(NCCCO)cc2[nH]1. The Labute approximate surface area is 92.9 Å². The summed E-state index contributed by atoms with van der Waals surface area (Å²) >= 11 is 0. The van der Waals surface area contributed by atoms with Gasteiger partial charge in [-0.1, -0.05) is 6.07 Å². The number of benzene rings is 1. The minimum absolute atomic E-state index is 0.0972. The molecule has 0 bridgehead atoms. The van der Waals surface area contributed by atoms with Crippen LogP contribution < -0.4 is 10.9 Å². The van der Waals surface area contributed by atoms with Gasteiger partial charge in [0.05, 0.1) is 5.52 Å². The lowest BCUT2D eigenvalue weighted by atomic mass is 10.2. The highest BCUT2D eigenvalue weighted by molar-refractivity contribution is 5.81. The number of aromatic nitrogens is 1. The van der Waals surface area contributed by atoms with Crippen molar-refractivity contribution in [3.8, 4) is 0 Å². The summed E-state index contributed by atoms with van der Waals surface area (Å²) in [7, 11) is 0. The van der Waals surface area contributed by atoms with E-state index in [2.05, 4.69) is 10.3 Å². The highest BCUT2D eigenvalue weighted by Gasteiger charge is 1.96. The minimum Gasteiger partial charge on any atom is -0.396 e. The van der Waals surface area contributed by atoms with Crippen LogP contribution in [0.3, 0.4) is 0 Å². The van der Waals surface area contributed by atoms with Crippen molar-refractivity contribution >= 4 is 16.6 Å². The van der Waals surface area contributed by atoms with Crippen molar-refractivity contribution in [3.63, 3.8) is 0 Å². The predicted octanol–water partition coefficient (Wildman–Crippen LogP) is 1.32. The van der Waals surface area contributed by atoms with Crippen LogP contribution >= 0.6 is 0 Å². The van der Waals surface area contributed by atoms with E-state index in [1.54, 1.807) is 6.07 Å². The third-order valence-corrected chi connectivity index (χ3v) is 2.39. The Kier molecular flexibility index (Phi) is 3.22. The number of H-pyrrole nitrogens is 1. The lowest BCUT2D eigenvalue weighted by Crippen LogP contribution is -2.05. The Morgan fingerprint density at radius 2 is 2.06 bits per heavy atom. The second kappa shape index (κ2) is 4.81. The van der Waals surface area contributed by atoms with Gasteiger partial charge in [0.1, 0.15) is 0 Å². The molecule has 0 unspecified atom stereocenters. The van der Waals surface area contributed by atoms with Crippen LogP contribution in [0.15, 0.2) is 35.1 Å². The van der Waals surface area contributed by atoms with Crippen LogP contribution in [0.25, 0.3) is 10.9 Å². The lowest BCUT2D eigenvalue weighted by molar-refractivity contribution is 0.292. The second-order valence-corrected chi connectivity index (χ2v) is 3.63. The van der Waals surface area contributed by atoms with Crippen molar-refractivity contribution < 1.29 is 5.11 Å². The normalized spacial score (nSPS) is 10.6. The predicted molar refractivity (Wildman–Crippen MR) is 64.8 cm³/mol. The molecular weight excluding hydrogens is 204 g/mol. The van der Waals surface area contributed by atoms with Gasteiger partial charge in [-0.2, -0.15) is 0 Å². The molecule has 0 radical (unpaired) electrons. The molecule has 0 aliphatic carbocycles. The van der Waals surface area contributed by atoms with Gasteiger partial charge in [0.2, 0.25) is 5.56 Å². The first-order valence-corrected chi connectivity index (χ1v) is 5.27. The molecule has 2 aromatic rings. The molecule has 3 N–H and O–H groups in total. The van der Waals surface area contributed by atoms with E-state index in [0.29, 0.717) is 6.42 Å². The van der Waals surface area contributed by atoms with Gasteiger partial charge in [0.25, 0.3) is 0 Å². The first-order valence-electron chi connectivity index (χ1n) is 5.27. The largest absolute Gasteiger partial charge is 0.396 e. The van der Waals surface area contributed by atoms with E-state index < -0.39 is 0 Å². The van der Waals surface area contributed by atoms with E-state index in [4.69, 9.17) is 5.11 Å². The molecule has 4 nitrogen and oxygen atoms in total. The van der Waals surface area contributed by atoms with E-state index in [9.17, 15) is 4.79 Å². The summed E-state index contributed by atoms with van der Waals surface area (Å²) in [5.41, 5.74) is 1.67. The number of aliphatic hydroxyl groups excluding tert-OH is 1. The average molecular weight is 218 g/mol. The van der Waals surface area contributed by atoms with E-state index in [1.165, 1.54) is 6.07 Å². The maximum absolute atomic E-state index is 11.1. The number of aliphatic hydroxyl groups is 1. The van der Waals surface area contributed by atoms with E-state index in [-0.39, 0.29) is 12.2 Å². The van der Waals surface area contributed by atoms with Gasteiger partial charge in [-0.3, -0.25) is 4.79 Å². The van der Waals surface area contributed by atoms with Crippen molar-refractivity contribution in [1.29, 1.82) is 0 Å². The van der Waals surface area contributed by atoms with Gasteiger partial charge in [-0.25, -0.2) is 0 Å². The van der Waals surface area contributed by atoms with Crippen molar-refractivity contribution in [3.05, 3.63) is 40.7 Å². The number of pyridine rings is 1. The topological polar surface area (TPSA) is 65.1 Å². The fourth-order valence-corrected chi connectivity index (χ4v) is 1.57. The smallest absolute Gasteiger partial charge is 0.248 e. The lowest BCUT2D eigenvalue weighted by Gasteiger charge is -2.06. The molecule has 0 spiro atoms. The van der Waals surface area contributed by atoms with Crippen LogP contribution in [0.5, 0.6) is 0 Å². The van der Waals surface area contributed by atoms with Gasteiger partial charge in [-0.05, 0) is 30.0 Å². The summed E-state index contributed by atoms with van der Waals surface area (Å²) in [6, 6.07) is 9.12. The quantitative estimate of drug-likeness (QED) is 0.678. The number of nitrogens with one attached hydrogen (secondary N) is 2. The molecule has 0 atom stereocenters. The summed E-state index contributed by atoms with van der Waals surface area (Å²) in [6.07, 6.45) is 0.712. The molecule has 0 aliphatic heterocycles. The van der Waals surface area contributed by atoms with Gasteiger partial charge < -0.3 is 15.4 Å². The van der Waals surface area contributed by atoms with Crippen molar-refractivity contribution in [2.75, 3.05) is 18.5 Å². The van der Waals surface area contributed by atoms with Gasteiger partial charge in [0, 0.05) is 24.9 Å². The zero-order valence-electron chi connectivity index (χ0n) is 8.86. The Balaban J connectivity index is 2.25. The number of aromatic amines is 1. The molecule has 4 heteroatoms. The van der Waals surface area contributed by atoms with E-state index in [0.717, 1.165) is 23.1 Å². The highest BCUT2D eigenvalue weighted by atomic mass is 16.3. The zero-order valence-corrected chi connectivity index (χ0v) is 8.86. The maximum atomic E-state index is 11.1. The van der Waals surface area contributed by atoms with Gasteiger partial charge in [0.15, 0.2) is 0 Å². The summed E-state index contributed by atoms with van der Waals surface area (Å²) in [5.74, 6) is 0. The first kappa shape index (κ1) is 10.7. The fourth-order valence-electron chi connectivity index (χ4n) is 1.57. The third-order valence-electron chi connectivity index (χ3n) is 2.39. The Hall–Kier alpha value is -1.81. The van der Waals surface area contributed by atoms with Crippen molar-refractivity contribution in [2.45, 2.75) is 6.42 Å². The second-order valence-electron chi connectivity index (χ2n) is 3.63. The standard InChI is InChI=1S/C12H14N2O2/c15-7-1-6-13-10-4-2-9-3-5-12(16)14-11(9)8-10/h2-5,8,13,15H,1,6-7H2,(H,14,16). The molecule has 84 valence electrons. The molecule has 1 heterocycles. The summed E-state index contributed by atoms with van der Waals surface area (Å²) in [4.78, 5) is 13.9. The maximum Gasteiger partial charge on any atom is 0.248 e. The molecule has 0 saturated heterocycles. The molecular formula is C12H14N2O2. The van der Waals surface area contributed by atoms with Crippen LogP contribution in [0.1, 0.15) is 6.42 Å². The Morgan fingerprint density at radius 3 is 2.88 bits per heavy atom. The molecule has 0 saturated carbocycles. The molecule has 1 aromatic heterocycles. The minimum atomic E-state index is -0.0972. The zero-order chi connectivity index (χ0) is 11.4. The monoisotopic (exact) mass is 218 g/mol. The molecule has 0 amide bonds. The molecule has 2 rings (SSSR count).